The predicted octanol–water partition coefficient (Wildman–Crippen LogP) is 0.984. The second-order valence-electron chi connectivity index (χ2n) is 3.78. The third-order valence-electron chi connectivity index (χ3n) is 2.79. The molecule has 3 nitrogen and oxygen atoms in total. The third-order valence-corrected chi connectivity index (χ3v) is 3.72. The van der Waals surface area contributed by atoms with Crippen molar-refractivity contribution < 1.29 is 9.84 Å². The number of hydrogen-bond donors (Lipinski definition) is 1. The van der Waals surface area contributed by atoms with Gasteiger partial charge in [-0.1, -0.05) is 6.07 Å². The Kier molecular flexibility index (Phi) is 4.14. The second kappa shape index (κ2) is 5.61. The van der Waals surface area contributed by atoms with E-state index in [0.29, 0.717) is 6.61 Å². The molecule has 2 heterocycles. The summed E-state index contributed by atoms with van der Waals surface area (Å²) in [4.78, 5) is 3.74. The van der Waals surface area contributed by atoms with Crippen LogP contribution in [0.15, 0.2) is 17.5 Å². The Morgan fingerprint density at radius 3 is 3.27 bits per heavy atom. The van der Waals surface area contributed by atoms with E-state index < -0.39 is 0 Å². The van der Waals surface area contributed by atoms with E-state index in [-0.39, 0.29) is 12.6 Å². The maximum absolute atomic E-state index is 9.20. The summed E-state index contributed by atoms with van der Waals surface area (Å²) in [6.07, 6.45) is 1.08. The van der Waals surface area contributed by atoms with Gasteiger partial charge in [-0.2, -0.15) is 0 Å². The van der Waals surface area contributed by atoms with Crippen molar-refractivity contribution in [3.63, 3.8) is 0 Å². The topological polar surface area (TPSA) is 32.7 Å². The van der Waals surface area contributed by atoms with Crippen molar-refractivity contribution in [2.75, 3.05) is 32.9 Å². The van der Waals surface area contributed by atoms with E-state index in [2.05, 4.69) is 22.4 Å². The van der Waals surface area contributed by atoms with Gasteiger partial charge in [-0.3, -0.25) is 4.90 Å². The van der Waals surface area contributed by atoms with Crippen LogP contribution in [-0.4, -0.2) is 49.0 Å². The Morgan fingerprint density at radius 2 is 2.53 bits per heavy atom. The lowest BCUT2D eigenvalue weighted by atomic mass is 10.2. The number of hydrogen-bond acceptors (Lipinski definition) is 4. The second-order valence-corrected chi connectivity index (χ2v) is 4.81. The first-order chi connectivity index (χ1) is 7.40. The van der Waals surface area contributed by atoms with Crippen LogP contribution < -0.4 is 0 Å². The maximum Gasteiger partial charge on any atom is 0.0644 e. The van der Waals surface area contributed by atoms with Crippen molar-refractivity contribution in [3.05, 3.63) is 22.4 Å². The minimum atomic E-state index is 0.193. The molecule has 1 aliphatic heterocycles. The normalized spacial score (nSPS) is 23.1. The van der Waals surface area contributed by atoms with Crippen molar-refractivity contribution >= 4 is 11.3 Å². The van der Waals surface area contributed by atoms with Crippen molar-refractivity contribution in [1.82, 2.24) is 4.90 Å². The van der Waals surface area contributed by atoms with Crippen molar-refractivity contribution in [1.29, 1.82) is 0 Å². The fraction of sp³-hybridized carbons (Fsp3) is 0.636. The van der Waals surface area contributed by atoms with Crippen LogP contribution in [0.5, 0.6) is 0 Å². The van der Waals surface area contributed by atoms with Crippen LogP contribution in [0.3, 0.4) is 0 Å². The van der Waals surface area contributed by atoms with Gasteiger partial charge >= 0.3 is 0 Å². The average Bonchev–Trinajstić information content (AvgIpc) is 2.79. The summed E-state index contributed by atoms with van der Waals surface area (Å²) < 4.78 is 5.34. The summed E-state index contributed by atoms with van der Waals surface area (Å²) in [6.45, 7) is 3.62. The van der Waals surface area contributed by atoms with E-state index in [1.807, 2.05) is 0 Å². The Morgan fingerprint density at radius 1 is 1.60 bits per heavy atom. The molecule has 84 valence electrons. The van der Waals surface area contributed by atoms with Crippen LogP contribution >= 0.6 is 11.3 Å². The van der Waals surface area contributed by atoms with Gasteiger partial charge in [0.25, 0.3) is 0 Å². The molecule has 1 N–H and O–H groups in total. The minimum absolute atomic E-state index is 0.193. The molecule has 1 saturated heterocycles. The van der Waals surface area contributed by atoms with Crippen LogP contribution in [0.2, 0.25) is 0 Å². The van der Waals surface area contributed by atoms with E-state index in [0.717, 1.165) is 26.1 Å². The largest absolute Gasteiger partial charge is 0.395 e. The predicted molar refractivity (Wildman–Crippen MR) is 61.3 cm³/mol. The van der Waals surface area contributed by atoms with Gasteiger partial charge in [0.2, 0.25) is 0 Å². The van der Waals surface area contributed by atoms with Crippen LogP contribution in [0.1, 0.15) is 4.88 Å². The molecule has 1 aromatic rings. The van der Waals surface area contributed by atoms with Crippen LogP contribution in [0.25, 0.3) is 0 Å². The molecule has 0 saturated carbocycles. The van der Waals surface area contributed by atoms with E-state index >= 15 is 0 Å². The van der Waals surface area contributed by atoms with Gasteiger partial charge in [-0.05, 0) is 17.9 Å². The molecule has 4 heteroatoms. The van der Waals surface area contributed by atoms with Gasteiger partial charge in [-0.25, -0.2) is 0 Å². The Bertz CT molecular complexity index is 276. The summed E-state index contributed by atoms with van der Waals surface area (Å²) in [6, 6.07) is 4.45. The van der Waals surface area contributed by atoms with E-state index in [1.165, 1.54) is 4.88 Å². The van der Waals surface area contributed by atoms with Gasteiger partial charge in [-0.15, -0.1) is 11.3 Å². The van der Waals surface area contributed by atoms with Crippen molar-refractivity contribution in [3.8, 4) is 0 Å². The molecule has 0 bridgehead atoms. The lowest BCUT2D eigenvalue weighted by Gasteiger charge is -2.34. The number of morpholine rings is 1. The zero-order valence-corrected chi connectivity index (χ0v) is 9.58. The molecule has 15 heavy (non-hydrogen) atoms. The van der Waals surface area contributed by atoms with E-state index in [1.54, 1.807) is 11.3 Å². The highest BCUT2D eigenvalue weighted by atomic mass is 32.1. The lowest BCUT2D eigenvalue weighted by molar-refractivity contribution is -0.0266. The van der Waals surface area contributed by atoms with Gasteiger partial charge in [0, 0.05) is 18.0 Å². The number of thiophene rings is 1. The summed E-state index contributed by atoms with van der Waals surface area (Å²) >= 11 is 1.80. The van der Waals surface area contributed by atoms with Crippen molar-refractivity contribution in [2.24, 2.45) is 0 Å². The summed E-state index contributed by atoms with van der Waals surface area (Å²) in [5, 5.41) is 11.3. The number of ether oxygens (including phenoxy) is 1. The molecule has 0 spiro atoms. The molecule has 1 unspecified atom stereocenters. The first-order valence-electron chi connectivity index (χ1n) is 5.35. The molecule has 2 rings (SSSR count). The summed E-state index contributed by atoms with van der Waals surface area (Å²) in [5.74, 6) is 0. The standard InChI is InChI=1S/C11H17NO2S/c13-8-10-9-14-6-5-12(10)4-3-11-2-1-7-15-11/h1-2,7,10,13H,3-6,8-9H2. The molecule has 0 aromatic carbocycles. The minimum Gasteiger partial charge on any atom is -0.395 e. The van der Waals surface area contributed by atoms with Crippen LogP contribution in [0, 0.1) is 0 Å². The molecule has 0 aliphatic carbocycles. The zero-order chi connectivity index (χ0) is 10.5. The smallest absolute Gasteiger partial charge is 0.0644 e. The van der Waals surface area contributed by atoms with Crippen LogP contribution in [0.4, 0.5) is 0 Å². The molecule has 0 amide bonds. The summed E-state index contributed by atoms with van der Waals surface area (Å²) in [7, 11) is 0. The summed E-state index contributed by atoms with van der Waals surface area (Å²) in [5.41, 5.74) is 0. The molecule has 0 radical (unpaired) electrons. The fourth-order valence-corrected chi connectivity index (χ4v) is 2.56. The first-order valence-corrected chi connectivity index (χ1v) is 6.23. The zero-order valence-electron chi connectivity index (χ0n) is 8.76. The lowest BCUT2D eigenvalue weighted by Crippen LogP contribution is -2.48. The fourth-order valence-electron chi connectivity index (χ4n) is 1.86. The molecule has 1 aromatic heterocycles. The first kappa shape index (κ1) is 11.1. The Hall–Kier alpha value is -0.420. The number of nitrogens with zero attached hydrogens (tertiary/aromatic N) is 1. The van der Waals surface area contributed by atoms with Gasteiger partial charge in [0.15, 0.2) is 0 Å². The number of aliphatic hydroxyl groups excluding tert-OH is 1. The van der Waals surface area contributed by atoms with E-state index in [9.17, 15) is 5.11 Å². The van der Waals surface area contributed by atoms with Gasteiger partial charge in [0.05, 0.1) is 25.9 Å². The SMILES string of the molecule is OCC1COCCN1CCc1cccs1. The highest BCUT2D eigenvalue weighted by Crippen LogP contribution is 2.12. The molecule has 1 fully saturated rings. The van der Waals surface area contributed by atoms with Gasteiger partial charge in [0.1, 0.15) is 0 Å². The Labute approximate surface area is 94.3 Å². The van der Waals surface area contributed by atoms with E-state index in [4.69, 9.17) is 4.74 Å². The molecular weight excluding hydrogens is 210 g/mol. The van der Waals surface area contributed by atoms with Crippen molar-refractivity contribution in [2.45, 2.75) is 12.5 Å². The molecule has 1 atom stereocenters. The number of aliphatic hydroxyl groups is 1. The maximum atomic E-state index is 9.20. The number of rotatable bonds is 4. The average molecular weight is 227 g/mol. The molecular formula is C11H17NO2S. The Balaban J connectivity index is 1.81. The van der Waals surface area contributed by atoms with Crippen LogP contribution in [-0.2, 0) is 11.2 Å². The van der Waals surface area contributed by atoms with Gasteiger partial charge < -0.3 is 9.84 Å². The monoisotopic (exact) mass is 227 g/mol. The third kappa shape index (κ3) is 3.01. The quantitative estimate of drug-likeness (QED) is 0.832. The highest BCUT2D eigenvalue weighted by Gasteiger charge is 2.21. The molecule has 1 aliphatic rings. The highest BCUT2D eigenvalue weighted by molar-refractivity contribution is 7.09.